The Morgan fingerprint density at radius 1 is 1.40 bits per heavy atom. The molecule has 82 valence electrons. The lowest BCUT2D eigenvalue weighted by Gasteiger charge is -2.16. The summed E-state index contributed by atoms with van der Waals surface area (Å²) >= 11 is 0. The lowest BCUT2D eigenvalue weighted by atomic mass is 10.1. The predicted octanol–water partition coefficient (Wildman–Crippen LogP) is 2.91. The van der Waals surface area contributed by atoms with Crippen LogP contribution in [0.25, 0.3) is 0 Å². The van der Waals surface area contributed by atoms with E-state index in [0.717, 1.165) is 11.8 Å². The van der Waals surface area contributed by atoms with E-state index in [1.807, 2.05) is 11.8 Å². The fourth-order valence-electron chi connectivity index (χ4n) is 1.67. The first-order chi connectivity index (χ1) is 7.02. The third-order valence-electron chi connectivity index (χ3n) is 2.51. The number of nitrogens with zero attached hydrogens (tertiary/aromatic N) is 1. The van der Waals surface area contributed by atoms with Crippen LogP contribution in [0, 0.1) is 0 Å². The van der Waals surface area contributed by atoms with Gasteiger partial charge in [0.15, 0.2) is 0 Å². The zero-order chi connectivity index (χ0) is 11.1. The molecule has 0 spiro atoms. The van der Waals surface area contributed by atoms with Crippen LogP contribution in [0.4, 0.5) is 24.5 Å². The normalized spacial score (nSPS) is 15.1. The van der Waals surface area contributed by atoms with E-state index in [2.05, 4.69) is 5.32 Å². The summed E-state index contributed by atoms with van der Waals surface area (Å²) < 4.78 is 37.3. The highest BCUT2D eigenvalue weighted by atomic mass is 19.4. The number of hydrogen-bond acceptors (Lipinski definition) is 2. The number of nitrogens with one attached hydrogen (secondary N) is 1. The Morgan fingerprint density at radius 3 is 2.73 bits per heavy atom. The van der Waals surface area contributed by atoms with Crippen molar-refractivity contribution in [2.75, 3.05) is 23.4 Å². The minimum absolute atomic E-state index is 0.577. The van der Waals surface area contributed by atoms with Gasteiger partial charge < -0.3 is 10.2 Å². The number of halogens is 3. The largest absolute Gasteiger partial charge is 0.416 e. The number of hydrogen-bond donors (Lipinski definition) is 1. The molecule has 5 heteroatoms. The molecule has 1 aromatic carbocycles. The minimum atomic E-state index is -4.27. The Hall–Kier alpha value is -1.39. The molecular weight excluding hydrogens is 205 g/mol. The van der Waals surface area contributed by atoms with Crippen molar-refractivity contribution in [1.29, 1.82) is 0 Å². The third kappa shape index (κ3) is 1.73. The SMILES string of the molecule is CCN1CNc2ccc(C(F)(F)F)cc21. The molecule has 0 saturated heterocycles. The maximum absolute atomic E-state index is 12.4. The fraction of sp³-hybridized carbons (Fsp3) is 0.400. The van der Waals surface area contributed by atoms with Crippen LogP contribution >= 0.6 is 0 Å². The first-order valence-electron chi connectivity index (χ1n) is 4.72. The van der Waals surface area contributed by atoms with Gasteiger partial charge in [0.25, 0.3) is 0 Å². The van der Waals surface area contributed by atoms with Gasteiger partial charge in [-0.1, -0.05) is 0 Å². The smallest absolute Gasteiger partial charge is 0.366 e. The van der Waals surface area contributed by atoms with E-state index in [9.17, 15) is 13.2 Å². The molecule has 0 fully saturated rings. The lowest BCUT2D eigenvalue weighted by molar-refractivity contribution is -0.137. The average Bonchev–Trinajstić information content (AvgIpc) is 2.57. The van der Waals surface area contributed by atoms with Gasteiger partial charge in [0.1, 0.15) is 0 Å². The van der Waals surface area contributed by atoms with Gasteiger partial charge >= 0.3 is 6.18 Å². The van der Waals surface area contributed by atoms with Crippen LogP contribution in [0.5, 0.6) is 0 Å². The summed E-state index contributed by atoms with van der Waals surface area (Å²) in [6.07, 6.45) is -4.27. The quantitative estimate of drug-likeness (QED) is 0.776. The highest BCUT2D eigenvalue weighted by molar-refractivity contribution is 5.75. The molecular formula is C10H11F3N2. The van der Waals surface area contributed by atoms with Crippen LogP contribution in [0.2, 0.25) is 0 Å². The molecule has 0 unspecified atom stereocenters. The standard InChI is InChI=1S/C10H11F3N2/c1-2-15-6-14-8-4-3-7(5-9(8)15)10(11,12)13/h3-5,14H,2,6H2,1H3. The van der Waals surface area contributed by atoms with Gasteiger partial charge in [-0.05, 0) is 25.1 Å². The van der Waals surface area contributed by atoms with Gasteiger partial charge in [0.05, 0.1) is 23.6 Å². The zero-order valence-corrected chi connectivity index (χ0v) is 8.23. The molecule has 0 saturated carbocycles. The molecule has 1 aliphatic rings. The van der Waals surface area contributed by atoms with Crippen LogP contribution in [-0.2, 0) is 6.18 Å². The molecule has 1 N–H and O–H groups in total. The molecule has 2 rings (SSSR count). The lowest BCUT2D eigenvalue weighted by Crippen LogP contribution is -2.21. The molecule has 0 bridgehead atoms. The van der Waals surface area contributed by atoms with Crippen molar-refractivity contribution in [1.82, 2.24) is 0 Å². The van der Waals surface area contributed by atoms with Gasteiger partial charge in [-0.15, -0.1) is 0 Å². The van der Waals surface area contributed by atoms with Crippen molar-refractivity contribution in [2.45, 2.75) is 13.1 Å². The van der Waals surface area contributed by atoms with Crippen molar-refractivity contribution in [3.05, 3.63) is 23.8 Å². The van der Waals surface area contributed by atoms with E-state index in [4.69, 9.17) is 0 Å². The number of benzene rings is 1. The Morgan fingerprint density at radius 2 is 2.13 bits per heavy atom. The molecule has 2 nitrogen and oxygen atoms in total. The molecule has 1 aliphatic heterocycles. The van der Waals surface area contributed by atoms with Crippen molar-refractivity contribution in [3.63, 3.8) is 0 Å². The Bertz CT molecular complexity index is 373. The molecule has 1 heterocycles. The minimum Gasteiger partial charge on any atom is -0.366 e. The van der Waals surface area contributed by atoms with Crippen LogP contribution in [0.3, 0.4) is 0 Å². The van der Waals surface area contributed by atoms with Crippen molar-refractivity contribution < 1.29 is 13.2 Å². The first kappa shape index (κ1) is 10.1. The van der Waals surface area contributed by atoms with Crippen LogP contribution in [0.15, 0.2) is 18.2 Å². The van der Waals surface area contributed by atoms with Gasteiger partial charge in [-0.25, -0.2) is 0 Å². The predicted molar refractivity (Wildman–Crippen MR) is 53.0 cm³/mol. The van der Waals surface area contributed by atoms with E-state index < -0.39 is 11.7 Å². The highest BCUT2D eigenvalue weighted by Crippen LogP contribution is 2.37. The van der Waals surface area contributed by atoms with Crippen molar-refractivity contribution in [2.24, 2.45) is 0 Å². The second-order valence-corrected chi connectivity index (χ2v) is 3.42. The molecule has 1 aromatic rings. The molecule has 0 aliphatic carbocycles. The summed E-state index contributed by atoms with van der Waals surface area (Å²) in [4.78, 5) is 1.87. The number of rotatable bonds is 1. The Labute approximate surface area is 85.7 Å². The monoisotopic (exact) mass is 216 g/mol. The summed E-state index contributed by atoms with van der Waals surface area (Å²) in [5.74, 6) is 0. The van der Waals surface area contributed by atoms with Gasteiger partial charge in [-0.2, -0.15) is 13.2 Å². The average molecular weight is 216 g/mol. The van der Waals surface area contributed by atoms with Gasteiger partial charge in [0, 0.05) is 6.54 Å². The number of fused-ring (bicyclic) bond motifs is 1. The van der Waals surface area contributed by atoms with Crippen molar-refractivity contribution >= 4 is 11.4 Å². The van der Waals surface area contributed by atoms with E-state index in [0.29, 0.717) is 18.9 Å². The first-order valence-corrected chi connectivity index (χ1v) is 4.72. The maximum Gasteiger partial charge on any atom is 0.416 e. The van der Waals surface area contributed by atoms with Crippen LogP contribution < -0.4 is 10.2 Å². The molecule has 0 aromatic heterocycles. The molecule has 0 amide bonds. The zero-order valence-electron chi connectivity index (χ0n) is 8.23. The summed E-state index contributed by atoms with van der Waals surface area (Å²) in [5.41, 5.74) is 0.806. The summed E-state index contributed by atoms with van der Waals surface area (Å²) in [5, 5.41) is 3.04. The fourth-order valence-corrected chi connectivity index (χ4v) is 1.67. The van der Waals surface area contributed by atoms with E-state index in [1.165, 1.54) is 12.1 Å². The van der Waals surface area contributed by atoms with Crippen molar-refractivity contribution in [3.8, 4) is 0 Å². The Balaban J connectivity index is 2.41. The van der Waals surface area contributed by atoms with E-state index in [-0.39, 0.29) is 0 Å². The maximum atomic E-state index is 12.4. The van der Waals surface area contributed by atoms with E-state index >= 15 is 0 Å². The summed E-state index contributed by atoms with van der Waals surface area (Å²) in [6.45, 7) is 3.19. The second-order valence-electron chi connectivity index (χ2n) is 3.42. The third-order valence-corrected chi connectivity index (χ3v) is 2.51. The second kappa shape index (κ2) is 3.32. The summed E-state index contributed by atoms with van der Waals surface area (Å²) in [6, 6.07) is 3.78. The number of alkyl halides is 3. The summed E-state index contributed by atoms with van der Waals surface area (Å²) in [7, 11) is 0. The number of anilines is 2. The van der Waals surface area contributed by atoms with Crippen LogP contribution in [-0.4, -0.2) is 13.2 Å². The van der Waals surface area contributed by atoms with E-state index in [1.54, 1.807) is 0 Å². The molecule has 15 heavy (non-hydrogen) atoms. The topological polar surface area (TPSA) is 15.3 Å². The Kier molecular flexibility index (Phi) is 2.25. The molecule has 0 radical (unpaired) electrons. The molecule has 0 atom stereocenters. The van der Waals surface area contributed by atoms with Gasteiger partial charge in [-0.3, -0.25) is 0 Å². The highest BCUT2D eigenvalue weighted by Gasteiger charge is 2.32. The van der Waals surface area contributed by atoms with Gasteiger partial charge in [0.2, 0.25) is 0 Å². The van der Waals surface area contributed by atoms with Crippen LogP contribution in [0.1, 0.15) is 12.5 Å².